The van der Waals surface area contributed by atoms with Crippen molar-refractivity contribution in [2.45, 2.75) is 25.8 Å². The van der Waals surface area contributed by atoms with Gasteiger partial charge in [0.05, 0.1) is 13.7 Å². The Morgan fingerprint density at radius 3 is 2.47 bits per heavy atom. The number of esters is 1. The van der Waals surface area contributed by atoms with Gasteiger partial charge in [-0.15, -0.1) is 0 Å². The van der Waals surface area contributed by atoms with E-state index in [1.165, 1.54) is 0 Å². The summed E-state index contributed by atoms with van der Waals surface area (Å²) < 4.78 is 9.74. The highest BCUT2D eigenvalue weighted by Crippen LogP contribution is 2.15. The summed E-state index contributed by atoms with van der Waals surface area (Å²) in [4.78, 5) is 21.8. The van der Waals surface area contributed by atoms with Gasteiger partial charge < -0.3 is 9.47 Å². The standard InChI is InChI=1S/C13H17NO5/c1-3-19-13(15)9-11(14(16)17)8-10-4-6-12(18-2)7-5-10/h4-7,11H,3,8-9H2,1-2H3. The summed E-state index contributed by atoms with van der Waals surface area (Å²) in [5.74, 6) is 0.143. The molecule has 1 aromatic rings. The summed E-state index contributed by atoms with van der Waals surface area (Å²) >= 11 is 0. The number of carbonyl (C=O) groups excluding carboxylic acids is 1. The molecule has 0 spiro atoms. The zero-order chi connectivity index (χ0) is 14.3. The molecule has 0 aliphatic rings. The second-order valence-electron chi connectivity index (χ2n) is 4.00. The third-order valence-corrected chi connectivity index (χ3v) is 2.64. The van der Waals surface area contributed by atoms with Gasteiger partial charge in [0.1, 0.15) is 12.2 Å². The lowest BCUT2D eigenvalue weighted by Crippen LogP contribution is -2.26. The normalized spacial score (nSPS) is 11.7. The average molecular weight is 267 g/mol. The molecular formula is C13H17NO5. The van der Waals surface area contributed by atoms with E-state index in [2.05, 4.69) is 0 Å². The van der Waals surface area contributed by atoms with Gasteiger partial charge >= 0.3 is 5.97 Å². The fourth-order valence-electron chi connectivity index (χ4n) is 1.67. The maximum Gasteiger partial charge on any atom is 0.312 e. The molecule has 1 unspecified atom stereocenters. The van der Waals surface area contributed by atoms with Gasteiger partial charge in [0.15, 0.2) is 0 Å². The van der Waals surface area contributed by atoms with Gasteiger partial charge in [0.2, 0.25) is 6.04 Å². The number of methoxy groups -OCH3 is 1. The van der Waals surface area contributed by atoms with Crippen LogP contribution in [0.5, 0.6) is 5.75 Å². The highest BCUT2D eigenvalue weighted by molar-refractivity contribution is 5.69. The third kappa shape index (κ3) is 4.95. The number of hydrogen-bond acceptors (Lipinski definition) is 5. The molecule has 0 N–H and O–H groups in total. The highest BCUT2D eigenvalue weighted by atomic mass is 16.6. The van der Waals surface area contributed by atoms with Crippen molar-refractivity contribution in [2.75, 3.05) is 13.7 Å². The van der Waals surface area contributed by atoms with E-state index in [1.807, 2.05) is 0 Å². The number of nitrogens with zero attached hydrogens (tertiary/aromatic N) is 1. The number of ether oxygens (including phenoxy) is 2. The van der Waals surface area contributed by atoms with Crippen LogP contribution < -0.4 is 4.74 Å². The molecule has 104 valence electrons. The molecule has 0 aromatic heterocycles. The Bertz CT molecular complexity index is 429. The van der Waals surface area contributed by atoms with E-state index in [0.717, 1.165) is 5.56 Å². The van der Waals surface area contributed by atoms with Crippen LogP contribution in [-0.4, -0.2) is 30.7 Å². The van der Waals surface area contributed by atoms with Crippen LogP contribution in [0.3, 0.4) is 0 Å². The molecule has 0 aliphatic carbocycles. The summed E-state index contributed by atoms with van der Waals surface area (Å²) in [6.45, 7) is 1.90. The molecule has 0 aliphatic heterocycles. The van der Waals surface area contributed by atoms with Crippen LogP contribution in [0.15, 0.2) is 24.3 Å². The smallest absolute Gasteiger partial charge is 0.312 e. The van der Waals surface area contributed by atoms with E-state index < -0.39 is 16.9 Å². The monoisotopic (exact) mass is 267 g/mol. The Morgan fingerprint density at radius 2 is 2.00 bits per heavy atom. The zero-order valence-electron chi connectivity index (χ0n) is 11.0. The predicted octanol–water partition coefficient (Wildman–Crippen LogP) is 1.84. The highest BCUT2D eigenvalue weighted by Gasteiger charge is 2.25. The van der Waals surface area contributed by atoms with Crippen LogP contribution in [-0.2, 0) is 16.0 Å². The average Bonchev–Trinajstić information content (AvgIpc) is 2.39. The van der Waals surface area contributed by atoms with Crippen LogP contribution in [0.25, 0.3) is 0 Å². The molecule has 1 rings (SSSR count). The first-order chi connectivity index (χ1) is 9.06. The van der Waals surface area contributed by atoms with E-state index in [4.69, 9.17) is 9.47 Å². The van der Waals surface area contributed by atoms with Gasteiger partial charge in [-0.2, -0.15) is 0 Å². The minimum Gasteiger partial charge on any atom is -0.497 e. The molecule has 0 saturated heterocycles. The number of hydrogen-bond donors (Lipinski definition) is 0. The first-order valence-electron chi connectivity index (χ1n) is 5.98. The minimum atomic E-state index is -0.965. The molecule has 19 heavy (non-hydrogen) atoms. The third-order valence-electron chi connectivity index (χ3n) is 2.64. The predicted molar refractivity (Wildman–Crippen MR) is 68.7 cm³/mol. The van der Waals surface area contributed by atoms with E-state index in [0.29, 0.717) is 5.75 Å². The van der Waals surface area contributed by atoms with E-state index in [-0.39, 0.29) is 19.4 Å². The molecule has 0 bridgehead atoms. The fourth-order valence-corrected chi connectivity index (χ4v) is 1.67. The Kier molecular flexibility index (Phi) is 5.78. The summed E-state index contributed by atoms with van der Waals surface area (Å²) in [6, 6.07) is 6.00. The van der Waals surface area contributed by atoms with Crippen molar-refractivity contribution in [1.82, 2.24) is 0 Å². The Hall–Kier alpha value is -2.11. The van der Waals surface area contributed by atoms with E-state index >= 15 is 0 Å². The summed E-state index contributed by atoms with van der Waals surface area (Å²) in [7, 11) is 1.55. The molecule has 6 heteroatoms. The van der Waals surface area contributed by atoms with Crippen LogP contribution >= 0.6 is 0 Å². The quantitative estimate of drug-likeness (QED) is 0.428. The fraction of sp³-hybridized carbons (Fsp3) is 0.462. The Morgan fingerprint density at radius 1 is 1.37 bits per heavy atom. The molecule has 1 atom stereocenters. The van der Waals surface area contributed by atoms with Crippen molar-refractivity contribution in [3.05, 3.63) is 39.9 Å². The second-order valence-corrected chi connectivity index (χ2v) is 4.00. The minimum absolute atomic E-state index is 0.190. The second kappa shape index (κ2) is 7.35. The Labute approximate surface area is 111 Å². The molecule has 1 aromatic carbocycles. The van der Waals surface area contributed by atoms with Gasteiger partial charge in [-0.05, 0) is 24.6 Å². The number of rotatable bonds is 7. The maximum atomic E-state index is 11.3. The SMILES string of the molecule is CCOC(=O)CC(Cc1ccc(OC)cc1)[N+](=O)[O-]. The van der Waals surface area contributed by atoms with Crippen LogP contribution in [0.4, 0.5) is 0 Å². The van der Waals surface area contributed by atoms with E-state index in [1.54, 1.807) is 38.3 Å². The largest absolute Gasteiger partial charge is 0.497 e. The summed E-state index contributed by atoms with van der Waals surface area (Å²) in [5, 5.41) is 10.9. The molecule has 0 fully saturated rings. The van der Waals surface area contributed by atoms with Crippen molar-refractivity contribution in [3.8, 4) is 5.75 Å². The van der Waals surface area contributed by atoms with E-state index in [9.17, 15) is 14.9 Å². The number of carbonyl (C=O) groups is 1. The zero-order valence-corrected chi connectivity index (χ0v) is 11.0. The van der Waals surface area contributed by atoms with Gasteiger partial charge in [-0.1, -0.05) is 12.1 Å². The number of benzene rings is 1. The lowest BCUT2D eigenvalue weighted by atomic mass is 10.0. The number of nitro groups is 1. The van der Waals surface area contributed by atoms with Crippen LogP contribution in [0.1, 0.15) is 18.9 Å². The Balaban J connectivity index is 2.66. The molecule has 0 radical (unpaired) electrons. The molecule has 6 nitrogen and oxygen atoms in total. The first-order valence-corrected chi connectivity index (χ1v) is 5.98. The van der Waals surface area contributed by atoms with Crippen molar-refractivity contribution >= 4 is 5.97 Å². The van der Waals surface area contributed by atoms with Gasteiger partial charge in [0, 0.05) is 11.3 Å². The van der Waals surface area contributed by atoms with Gasteiger partial charge in [-0.25, -0.2) is 0 Å². The van der Waals surface area contributed by atoms with Gasteiger partial charge in [0.25, 0.3) is 0 Å². The molecule has 0 saturated carbocycles. The van der Waals surface area contributed by atoms with Crippen molar-refractivity contribution in [2.24, 2.45) is 0 Å². The first kappa shape index (κ1) is 14.9. The lowest BCUT2D eigenvalue weighted by molar-refractivity contribution is -0.521. The van der Waals surface area contributed by atoms with Crippen LogP contribution in [0.2, 0.25) is 0 Å². The van der Waals surface area contributed by atoms with Gasteiger partial charge in [-0.3, -0.25) is 14.9 Å². The van der Waals surface area contributed by atoms with Crippen LogP contribution in [0, 0.1) is 10.1 Å². The molecule has 0 heterocycles. The lowest BCUT2D eigenvalue weighted by Gasteiger charge is -2.09. The topological polar surface area (TPSA) is 78.7 Å². The van der Waals surface area contributed by atoms with Crippen molar-refractivity contribution in [1.29, 1.82) is 0 Å². The summed E-state index contributed by atoms with van der Waals surface area (Å²) in [6.07, 6.45) is -0.0251. The molecular weight excluding hydrogens is 250 g/mol. The molecule has 0 amide bonds. The summed E-state index contributed by atoms with van der Waals surface area (Å²) in [5.41, 5.74) is 0.784. The maximum absolute atomic E-state index is 11.3. The van der Waals surface area contributed by atoms with Crippen molar-refractivity contribution < 1.29 is 19.2 Å². The van der Waals surface area contributed by atoms with Crippen molar-refractivity contribution in [3.63, 3.8) is 0 Å².